The van der Waals surface area contributed by atoms with Gasteiger partial charge in [-0.05, 0) is 35.4 Å². The molecule has 2 N–H and O–H groups in total. The van der Waals surface area contributed by atoms with E-state index in [1.165, 1.54) is 9.13 Å². The van der Waals surface area contributed by atoms with Crippen molar-refractivity contribution in [2.45, 2.75) is 19.0 Å². The zero-order chi connectivity index (χ0) is 19.8. The molecule has 28 heavy (non-hydrogen) atoms. The number of hydrogen-bond donors (Lipinski definition) is 2. The van der Waals surface area contributed by atoms with E-state index >= 15 is 0 Å². The van der Waals surface area contributed by atoms with Gasteiger partial charge in [0.25, 0.3) is 0 Å². The molecule has 1 aromatic heterocycles. The number of aliphatic carboxylic acids is 1. The molecule has 2 heterocycles. The lowest BCUT2D eigenvalue weighted by Crippen LogP contribution is -2.38. The predicted molar refractivity (Wildman–Crippen MR) is 101 cm³/mol. The summed E-state index contributed by atoms with van der Waals surface area (Å²) in [5, 5.41) is 12.1. The Morgan fingerprint density at radius 2 is 1.96 bits per heavy atom. The first-order valence-electron chi connectivity index (χ1n) is 8.88. The van der Waals surface area contributed by atoms with E-state index in [0.29, 0.717) is 29.6 Å². The minimum atomic E-state index is -1.20. The number of fused-ring (bicyclic) bond motifs is 2. The number of amides is 1. The Kier molecular flexibility index (Phi) is 4.38. The molecule has 0 aliphatic carbocycles. The number of hydrogen-bond acceptors (Lipinski definition) is 4. The number of rotatable bonds is 5. The monoisotopic (exact) mass is 381 g/mol. The van der Waals surface area contributed by atoms with Crippen LogP contribution in [0.4, 0.5) is 0 Å². The van der Waals surface area contributed by atoms with Crippen molar-refractivity contribution in [2.75, 3.05) is 6.61 Å². The predicted octanol–water partition coefficient (Wildman–Crippen LogP) is 1.22. The largest absolute Gasteiger partial charge is 0.493 e. The standard InChI is InChI=1S/C20H19N3O5/c1-22-14-4-2-3-5-15(14)23(20(22)27)11-17(24)21-18(19(25)26)13-6-7-16-12(10-13)8-9-28-16/h2-7,10,18H,8-9,11H2,1H3,(H,21,24)(H,25,26). The van der Waals surface area contributed by atoms with Gasteiger partial charge in [-0.15, -0.1) is 0 Å². The van der Waals surface area contributed by atoms with Gasteiger partial charge in [-0.3, -0.25) is 13.9 Å². The minimum Gasteiger partial charge on any atom is -0.493 e. The molecule has 1 unspecified atom stereocenters. The van der Waals surface area contributed by atoms with E-state index in [-0.39, 0.29) is 12.2 Å². The number of ether oxygens (including phenoxy) is 1. The van der Waals surface area contributed by atoms with E-state index in [2.05, 4.69) is 5.32 Å². The number of aromatic nitrogens is 2. The summed E-state index contributed by atoms with van der Waals surface area (Å²) in [6.45, 7) is 0.297. The molecule has 1 aliphatic rings. The molecule has 1 aliphatic heterocycles. The molecule has 1 amide bonds. The molecule has 0 spiro atoms. The second kappa shape index (κ2) is 6.88. The number of nitrogens with zero attached hydrogens (tertiary/aromatic N) is 2. The highest BCUT2D eigenvalue weighted by molar-refractivity contribution is 5.86. The molecule has 1 atom stereocenters. The van der Waals surface area contributed by atoms with Crippen molar-refractivity contribution in [3.05, 3.63) is 64.1 Å². The lowest BCUT2D eigenvalue weighted by molar-refractivity contribution is -0.142. The summed E-state index contributed by atoms with van der Waals surface area (Å²) < 4.78 is 8.22. The Labute approximate surface area is 160 Å². The summed E-state index contributed by atoms with van der Waals surface area (Å²) in [6.07, 6.45) is 0.703. The van der Waals surface area contributed by atoms with Crippen molar-refractivity contribution in [3.8, 4) is 5.75 Å². The molecular formula is C20H19N3O5. The Hall–Kier alpha value is -3.55. The molecule has 0 saturated heterocycles. The van der Waals surface area contributed by atoms with Crippen LogP contribution in [0.3, 0.4) is 0 Å². The van der Waals surface area contributed by atoms with Crippen LogP contribution in [-0.2, 0) is 29.6 Å². The summed E-state index contributed by atoms with van der Waals surface area (Å²) in [5.41, 5.74) is 2.37. The van der Waals surface area contributed by atoms with Gasteiger partial charge in [0.05, 0.1) is 17.6 Å². The SMILES string of the molecule is Cn1c(=O)n(CC(=O)NC(C(=O)O)c2ccc3c(c2)CCO3)c2ccccc21. The van der Waals surface area contributed by atoms with Gasteiger partial charge in [-0.1, -0.05) is 18.2 Å². The Bertz CT molecular complexity index is 1140. The molecule has 2 aromatic carbocycles. The molecule has 8 nitrogen and oxygen atoms in total. The van der Waals surface area contributed by atoms with Gasteiger partial charge >= 0.3 is 11.7 Å². The molecule has 0 bridgehead atoms. The van der Waals surface area contributed by atoms with Crippen molar-refractivity contribution in [3.63, 3.8) is 0 Å². The van der Waals surface area contributed by atoms with Crippen LogP contribution in [0, 0.1) is 0 Å². The lowest BCUT2D eigenvalue weighted by atomic mass is 10.0. The fourth-order valence-corrected chi connectivity index (χ4v) is 3.54. The molecule has 4 rings (SSSR count). The molecular weight excluding hydrogens is 362 g/mol. The van der Waals surface area contributed by atoms with Gasteiger partial charge < -0.3 is 15.2 Å². The Morgan fingerprint density at radius 1 is 1.21 bits per heavy atom. The molecule has 144 valence electrons. The van der Waals surface area contributed by atoms with Gasteiger partial charge in [-0.25, -0.2) is 9.59 Å². The van der Waals surface area contributed by atoms with Crippen molar-refractivity contribution in [2.24, 2.45) is 7.05 Å². The van der Waals surface area contributed by atoms with Crippen LogP contribution in [0.5, 0.6) is 5.75 Å². The number of imidazole rings is 1. The molecule has 0 fully saturated rings. The average molecular weight is 381 g/mol. The number of benzene rings is 2. The fourth-order valence-electron chi connectivity index (χ4n) is 3.54. The van der Waals surface area contributed by atoms with Gasteiger partial charge in [0.15, 0.2) is 6.04 Å². The highest BCUT2D eigenvalue weighted by Crippen LogP contribution is 2.28. The van der Waals surface area contributed by atoms with Crippen LogP contribution in [0.15, 0.2) is 47.3 Å². The normalized spacial score (nSPS) is 13.8. The third kappa shape index (κ3) is 3.02. The van der Waals surface area contributed by atoms with Crippen LogP contribution in [0.25, 0.3) is 11.0 Å². The maximum absolute atomic E-state index is 12.6. The van der Waals surface area contributed by atoms with Crippen molar-refractivity contribution in [1.29, 1.82) is 0 Å². The molecule has 0 saturated carbocycles. The van der Waals surface area contributed by atoms with Gasteiger partial charge in [0.1, 0.15) is 12.3 Å². The van der Waals surface area contributed by atoms with E-state index in [9.17, 15) is 19.5 Å². The summed E-state index contributed by atoms with van der Waals surface area (Å²) >= 11 is 0. The number of carbonyl (C=O) groups is 2. The topological polar surface area (TPSA) is 103 Å². The van der Waals surface area contributed by atoms with Crippen LogP contribution in [0.2, 0.25) is 0 Å². The lowest BCUT2D eigenvalue weighted by Gasteiger charge is -2.16. The van der Waals surface area contributed by atoms with Crippen LogP contribution in [0.1, 0.15) is 17.2 Å². The minimum absolute atomic E-state index is 0.266. The quantitative estimate of drug-likeness (QED) is 0.692. The van der Waals surface area contributed by atoms with Crippen molar-refractivity contribution < 1.29 is 19.4 Å². The summed E-state index contributed by atoms with van der Waals surface area (Å²) in [4.78, 5) is 36.8. The molecule has 3 aromatic rings. The van der Waals surface area contributed by atoms with Crippen LogP contribution >= 0.6 is 0 Å². The maximum atomic E-state index is 12.6. The number of aryl methyl sites for hydroxylation is 1. The van der Waals surface area contributed by atoms with E-state index in [1.54, 1.807) is 43.4 Å². The number of para-hydroxylation sites is 2. The smallest absolute Gasteiger partial charge is 0.330 e. The first-order valence-corrected chi connectivity index (χ1v) is 8.88. The van der Waals surface area contributed by atoms with Gasteiger partial charge in [0, 0.05) is 13.5 Å². The van der Waals surface area contributed by atoms with E-state index < -0.39 is 17.9 Å². The average Bonchev–Trinajstić information content (AvgIpc) is 3.24. The van der Waals surface area contributed by atoms with Crippen LogP contribution < -0.4 is 15.7 Å². The first-order chi connectivity index (χ1) is 13.5. The van der Waals surface area contributed by atoms with Gasteiger partial charge in [-0.2, -0.15) is 0 Å². The number of carbonyl (C=O) groups excluding carboxylic acids is 1. The number of nitrogens with one attached hydrogen (secondary N) is 1. The summed E-state index contributed by atoms with van der Waals surface area (Å²) in [7, 11) is 1.63. The highest BCUT2D eigenvalue weighted by atomic mass is 16.5. The highest BCUT2D eigenvalue weighted by Gasteiger charge is 2.25. The van der Waals surface area contributed by atoms with Crippen LogP contribution in [-0.4, -0.2) is 32.7 Å². The zero-order valence-electron chi connectivity index (χ0n) is 15.2. The first kappa shape index (κ1) is 17.8. The third-order valence-electron chi connectivity index (χ3n) is 4.95. The second-order valence-electron chi connectivity index (χ2n) is 6.72. The fraction of sp³-hybridized carbons (Fsp3) is 0.250. The van der Waals surface area contributed by atoms with E-state index in [4.69, 9.17) is 4.74 Å². The van der Waals surface area contributed by atoms with Gasteiger partial charge in [0.2, 0.25) is 5.91 Å². The van der Waals surface area contributed by atoms with Crippen molar-refractivity contribution >= 4 is 22.9 Å². The Balaban J connectivity index is 1.59. The molecule has 0 radical (unpaired) electrons. The third-order valence-corrected chi connectivity index (χ3v) is 4.95. The maximum Gasteiger partial charge on any atom is 0.330 e. The number of carboxylic acids is 1. The number of carboxylic acid groups (broad SMARTS) is 1. The molecule has 8 heteroatoms. The van der Waals surface area contributed by atoms with Crippen molar-refractivity contribution in [1.82, 2.24) is 14.5 Å². The summed E-state index contributed by atoms with van der Waals surface area (Å²) in [5.74, 6) is -0.985. The zero-order valence-corrected chi connectivity index (χ0v) is 15.2. The Morgan fingerprint density at radius 3 is 2.71 bits per heavy atom. The van der Waals surface area contributed by atoms with E-state index in [1.807, 2.05) is 6.07 Å². The second-order valence-corrected chi connectivity index (χ2v) is 6.72. The summed E-state index contributed by atoms with van der Waals surface area (Å²) in [6, 6.07) is 11.0. The van der Waals surface area contributed by atoms with E-state index in [0.717, 1.165) is 11.3 Å².